The van der Waals surface area contributed by atoms with Crippen molar-refractivity contribution >= 4 is 17.7 Å². The Labute approximate surface area is 112 Å². The number of nitrogens with one attached hydrogen (secondary N) is 1. The van der Waals surface area contributed by atoms with Crippen LogP contribution in [0.25, 0.3) is 0 Å². The van der Waals surface area contributed by atoms with Crippen LogP contribution in [-0.2, 0) is 4.74 Å². The number of carbonyl (C=O) groups excluding carboxylic acids is 1. The van der Waals surface area contributed by atoms with Gasteiger partial charge in [-0.3, -0.25) is 0 Å². The minimum absolute atomic E-state index is 0.238. The monoisotopic (exact) mass is 271 g/mol. The Balaban J connectivity index is 2.46. The Kier molecular flexibility index (Phi) is 4.93. The van der Waals surface area contributed by atoms with E-state index < -0.39 is 17.7 Å². The molecule has 1 unspecified atom stereocenters. The zero-order valence-corrected chi connectivity index (χ0v) is 11.5. The van der Waals surface area contributed by atoms with Crippen molar-refractivity contribution in [3.63, 3.8) is 0 Å². The summed E-state index contributed by atoms with van der Waals surface area (Å²) < 4.78 is 5.10. The van der Waals surface area contributed by atoms with Crippen LogP contribution in [0.3, 0.4) is 0 Å². The van der Waals surface area contributed by atoms with E-state index in [1.54, 1.807) is 39.0 Å². The molecule has 1 amide bonds. The number of rotatable bonds is 3. The van der Waals surface area contributed by atoms with E-state index in [0.717, 1.165) is 0 Å². The van der Waals surface area contributed by atoms with Crippen molar-refractivity contribution < 1.29 is 9.53 Å². The van der Waals surface area contributed by atoms with Crippen LogP contribution >= 0.6 is 11.6 Å². The third-order valence-electron chi connectivity index (χ3n) is 1.98. The second kappa shape index (κ2) is 6.02. The molecule has 0 aliphatic carbocycles. The molecule has 18 heavy (non-hydrogen) atoms. The van der Waals surface area contributed by atoms with Crippen LogP contribution < -0.4 is 11.1 Å². The molecule has 3 N–H and O–H groups in total. The van der Waals surface area contributed by atoms with Crippen molar-refractivity contribution in [2.45, 2.75) is 32.4 Å². The molecule has 1 atom stereocenters. The molecule has 0 aliphatic rings. The summed E-state index contributed by atoms with van der Waals surface area (Å²) in [6, 6.07) is 4.76. The standard InChI is InChI=1S/C12H18ClN3O2/c1-12(2,3)18-11(17)15-7-8(14)9-5-4-6-10(13)16-9/h4-6,8H,7,14H2,1-3H3,(H,15,17). The number of nitrogens with two attached hydrogens (primary N) is 1. The number of amides is 1. The fourth-order valence-electron chi connectivity index (χ4n) is 1.24. The molecule has 0 radical (unpaired) electrons. The fraction of sp³-hybridized carbons (Fsp3) is 0.500. The molecular weight excluding hydrogens is 254 g/mol. The third kappa shape index (κ3) is 5.33. The van der Waals surface area contributed by atoms with Crippen LogP contribution in [0.5, 0.6) is 0 Å². The van der Waals surface area contributed by atoms with E-state index in [2.05, 4.69) is 10.3 Å². The van der Waals surface area contributed by atoms with Crippen LogP contribution in [-0.4, -0.2) is 23.2 Å². The Morgan fingerprint density at radius 3 is 2.78 bits per heavy atom. The zero-order valence-electron chi connectivity index (χ0n) is 10.7. The summed E-state index contributed by atoms with van der Waals surface area (Å²) in [4.78, 5) is 15.5. The SMILES string of the molecule is CC(C)(C)OC(=O)NCC(N)c1cccc(Cl)n1. The predicted octanol–water partition coefficient (Wildman–Crippen LogP) is 2.26. The molecule has 0 spiro atoms. The number of alkyl carbamates (subject to hydrolysis) is 1. The topological polar surface area (TPSA) is 77.2 Å². The van der Waals surface area contributed by atoms with Crippen molar-refractivity contribution in [3.8, 4) is 0 Å². The first-order chi connectivity index (χ1) is 8.28. The van der Waals surface area contributed by atoms with Gasteiger partial charge in [0.25, 0.3) is 0 Å². The lowest BCUT2D eigenvalue weighted by molar-refractivity contribution is 0.0524. The van der Waals surface area contributed by atoms with E-state index in [9.17, 15) is 4.79 Å². The van der Waals surface area contributed by atoms with Crippen LogP contribution in [0.2, 0.25) is 5.15 Å². The largest absolute Gasteiger partial charge is 0.444 e. The first-order valence-corrected chi connectivity index (χ1v) is 6.00. The highest BCUT2D eigenvalue weighted by Gasteiger charge is 2.17. The van der Waals surface area contributed by atoms with E-state index >= 15 is 0 Å². The van der Waals surface area contributed by atoms with Crippen molar-refractivity contribution in [1.29, 1.82) is 0 Å². The number of aromatic nitrogens is 1. The van der Waals surface area contributed by atoms with Gasteiger partial charge < -0.3 is 15.8 Å². The average molecular weight is 272 g/mol. The van der Waals surface area contributed by atoms with Gasteiger partial charge in [-0.1, -0.05) is 17.7 Å². The minimum Gasteiger partial charge on any atom is -0.444 e. The highest BCUT2D eigenvalue weighted by molar-refractivity contribution is 6.29. The average Bonchev–Trinajstić information content (AvgIpc) is 2.23. The van der Waals surface area contributed by atoms with E-state index in [1.165, 1.54) is 0 Å². The Morgan fingerprint density at radius 1 is 1.56 bits per heavy atom. The van der Waals surface area contributed by atoms with Crippen LogP contribution in [0.4, 0.5) is 4.79 Å². The van der Waals surface area contributed by atoms with Crippen LogP contribution in [0.1, 0.15) is 32.5 Å². The first-order valence-electron chi connectivity index (χ1n) is 5.63. The highest BCUT2D eigenvalue weighted by atomic mass is 35.5. The maximum Gasteiger partial charge on any atom is 0.407 e. The normalized spacial score (nSPS) is 12.9. The molecule has 0 bridgehead atoms. The molecule has 0 aromatic carbocycles. The number of carbonyl (C=O) groups is 1. The molecule has 1 rings (SSSR count). The van der Waals surface area contributed by atoms with Gasteiger partial charge in [-0.15, -0.1) is 0 Å². The molecule has 0 fully saturated rings. The molecule has 1 aromatic heterocycles. The lowest BCUT2D eigenvalue weighted by Crippen LogP contribution is -2.36. The quantitative estimate of drug-likeness (QED) is 0.827. The predicted molar refractivity (Wildman–Crippen MR) is 70.4 cm³/mol. The number of hydrogen-bond donors (Lipinski definition) is 2. The van der Waals surface area contributed by atoms with Crippen LogP contribution in [0, 0.1) is 0 Å². The van der Waals surface area contributed by atoms with Crippen molar-refractivity contribution in [1.82, 2.24) is 10.3 Å². The molecule has 1 aromatic rings. The number of pyridine rings is 1. The van der Waals surface area contributed by atoms with Gasteiger partial charge >= 0.3 is 6.09 Å². The first kappa shape index (κ1) is 14.7. The summed E-state index contributed by atoms with van der Waals surface area (Å²) in [7, 11) is 0. The molecule has 5 nitrogen and oxygen atoms in total. The molecule has 0 aliphatic heterocycles. The highest BCUT2D eigenvalue weighted by Crippen LogP contribution is 2.11. The lowest BCUT2D eigenvalue weighted by Gasteiger charge is -2.20. The molecule has 1 heterocycles. The van der Waals surface area contributed by atoms with Gasteiger partial charge in [0.15, 0.2) is 0 Å². The summed E-state index contributed by atoms with van der Waals surface area (Å²) in [5.74, 6) is 0. The van der Waals surface area contributed by atoms with E-state index in [-0.39, 0.29) is 6.54 Å². The molecule has 0 saturated carbocycles. The summed E-state index contributed by atoms with van der Waals surface area (Å²) in [5, 5.41) is 2.96. The number of nitrogens with zero attached hydrogens (tertiary/aromatic N) is 1. The molecular formula is C12H18ClN3O2. The van der Waals surface area contributed by atoms with Crippen molar-refractivity contribution in [3.05, 3.63) is 29.0 Å². The molecule has 6 heteroatoms. The van der Waals surface area contributed by atoms with E-state index in [0.29, 0.717) is 10.8 Å². The maximum atomic E-state index is 11.4. The van der Waals surface area contributed by atoms with Gasteiger partial charge in [0, 0.05) is 6.54 Å². The smallest absolute Gasteiger partial charge is 0.407 e. The second-order valence-corrected chi connectivity index (χ2v) is 5.26. The van der Waals surface area contributed by atoms with Gasteiger partial charge in [0.2, 0.25) is 0 Å². The number of halogens is 1. The Morgan fingerprint density at radius 2 is 2.22 bits per heavy atom. The second-order valence-electron chi connectivity index (χ2n) is 4.87. The summed E-state index contributed by atoms with van der Waals surface area (Å²) >= 11 is 5.76. The maximum absolute atomic E-state index is 11.4. The van der Waals surface area contributed by atoms with E-state index in [1.807, 2.05) is 0 Å². The summed E-state index contributed by atoms with van der Waals surface area (Å²) in [6.45, 7) is 5.63. The number of hydrogen-bond acceptors (Lipinski definition) is 4. The minimum atomic E-state index is -0.525. The third-order valence-corrected chi connectivity index (χ3v) is 2.19. The molecule has 0 saturated heterocycles. The van der Waals surface area contributed by atoms with Crippen molar-refractivity contribution in [2.75, 3.05) is 6.54 Å². The summed E-state index contributed by atoms with van der Waals surface area (Å²) in [5.41, 5.74) is 5.98. The lowest BCUT2D eigenvalue weighted by atomic mass is 10.2. The van der Waals surface area contributed by atoms with Crippen molar-refractivity contribution in [2.24, 2.45) is 5.73 Å². The summed E-state index contributed by atoms with van der Waals surface area (Å²) in [6.07, 6.45) is -0.500. The Bertz CT molecular complexity index is 418. The van der Waals surface area contributed by atoms with Gasteiger partial charge in [0.05, 0.1) is 11.7 Å². The number of ether oxygens (including phenoxy) is 1. The fourth-order valence-corrected chi connectivity index (χ4v) is 1.41. The van der Waals surface area contributed by atoms with Gasteiger partial charge in [-0.2, -0.15) is 0 Å². The zero-order chi connectivity index (χ0) is 13.8. The van der Waals surface area contributed by atoms with Crippen LogP contribution in [0.15, 0.2) is 18.2 Å². The molecule has 100 valence electrons. The van der Waals surface area contributed by atoms with E-state index in [4.69, 9.17) is 22.1 Å². The van der Waals surface area contributed by atoms with Gasteiger partial charge in [-0.25, -0.2) is 9.78 Å². The van der Waals surface area contributed by atoms with Gasteiger partial charge in [0.1, 0.15) is 10.8 Å². The Hall–Kier alpha value is -1.33. The van der Waals surface area contributed by atoms with Gasteiger partial charge in [-0.05, 0) is 32.9 Å².